The number of carbonyl (C=O) groups is 1. The lowest BCUT2D eigenvalue weighted by Crippen LogP contribution is -2.23. The number of nitrogens with one attached hydrogen (secondary N) is 1. The van der Waals surface area contributed by atoms with E-state index in [1.165, 1.54) is 12.5 Å². The van der Waals surface area contributed by atoms with Crippen LogP contribution in [0.1, 0.15) is 31.0 Å². The molecular formula is C11H15NO. The van der Waals surface area contributed by atoms with Crippen LogP contribution in [-0.4, -0.2) is 5.91 Å². The van der Waals surface area contributed by atoms with Gasteiger partial charge in [0.15, 0.2) is 0 Å². The normalized spacial score (nSPS) is 12.2. The molecule has 1 atom stereocenters. The summed E-state index contributed by atoms with van der Waals surface area (Å²) in [5.74, 6) is 0.00834. The molecule has 0 heterocycles. The first-order chi connectivity index (χ1) is 6.09. The van der Waals surface area contributed by atoms with E-state index >= 15 is 0 Å². The largest absolute Gasteiger partial charge is 0.350 e. The lowest BCUT2D eigenvalue weighted by molar-refractivity contribution is -0.119. The van der Waals surface area contributed by atoms with Crippen molar-refractivity contribution in [3.8, 4) is 0 Å². The maximum absolute atomic E-state index is 10.8. The van der Waals surface area contributed by atoms with Gasteiger partial charge in [0.25, 0.3) is 0 Å². The molecule has 0 unspecified atom stereocenters. The summed E-state index contributed by atoms with van der Waals surface area (Å²) >= 11 is 0. The van der Waals surface area contributed by atoms with Gasteiger partial charge in [0, 0.05) is 6.92 Å². The van der Waals surface area contributed by atoms with Gasteiger partial charge in [0.05, 0.1) is 6.04 Å². The smallest absolute Gasteiger partial charge is 0.217 e. The Morgan fingerprint density at radius 2 is 2.15 bits per heavy atom. The van der Waals surface area contributed by atoms with Crippen LogP contribution in [0.25, 0.3) is 0 Å². The molecule has 70 valence electrons. The summed E-state index contributed by atoms with van der Waals surface area (Å²) in [6, 6.07) is 8.25. The predicted octanol–water partition coefficient (Wildman–Crippen LogP) is 2.19. The fraction of sp³-hybridized carbons (Fsp3) is 0.364. The van der Waals surface area contributed by atoms with Crippen LogP contribution in [0.2, 0.25) is 0 Å². The van der Waals surface area contributed by atoms with Crippen molar-refractivity contribution in [2.24, 2.45) is 0 Å². The van der Waals surface area contributed by atoms with Gasteiger partial charge in [0.1, 0.15) is 0 Å². The van der Waals surface area contributed by atoms with E-state index < -0.39 is 0 Å². The van der Waals surface area contributed by atoms with Crippen LogP contribution in [0, 0.1) is 6.92 Å². The number of aryl methyl sites for hydroxylation is 1. The Morgan fingerprint density at radius 1 is 1.46 bits per heavy atom. The average Bonchev–Trinajstić information content (AvgIpc) is 2.03. The maximum Gasteiger partial charge on any atom is 0.217 e. The fourth-order valence-electron chi connectivity index (χ4n) is 1.33. The fourth-order valence-corrected chi connectivity index (χ4v) is 1.33. The maximum atomic E-state index is 10.8. The van der Waals surface area contributed by atoms with Gasteiger partial charge in [-0.2, -0.15) is 0 Å². The second kappa shape index (κ2) is 4.08. The third-order valence-corrected chi connectivity index (χ3v) is 1.96. The molecule has 1 amide bonds. The lowest BCUT2D eigenvalue weighted by atomic mass is 10.1. The molecule has 2 heteroatoms. The molecule has 0 aliphatic rings. The van der Waals surface area contributed by atoms with E-state index in [2.05, 4.69) is 11.4 Å². The summed E-state index contributed by atoms with van der Waals surface area (Å²) in [5.41, 5.74) is 2.37. The Labute approximate surface area is 79.0 Å². The van der Waals surface area contributed by atoms with Crippen LogP contribution in [0.5, 0.6) is 0 Å². The Balaban J connectivity index is 2.76. The highest BCUT2D eigenvalue weighted by Gasteiger charge is 2.05. The number of hydrogen-bond acceptors (Lipinski definition) is 1. The predicted molar refractivity (Wildman–Crippen MR) is 53.4 cm³/mol. The topological polar surface area (TPSA) is 29.1 Å². The minimum Gasteiger partial charge on any atom is -0.350 e. The van der Waals surface area contributed by atoms with Gasteiger partial charge in [-0.05, 0) is 19.4 Å². The van der Waals surface area contributed by atoms with Crippen molar-refractivity contribution in [3.05, 3.63) is 35.4 Å². The number of amides is 1. The molecule has 13 heavy (non-hydrogen) atoms. The summed E-state index contributed by atoms with van der Waals surface area (Å²) < 4.78 is 0. The zero-order valence-electron chi connectivity index (χ0n) is 8.29. The first-order valence-corrected chi connectivity index (χ1v) is 4.43. The summed E-state index contributed by atoms with van der Waals surface area (Å²) in [6.07, 6.45) is 0. The zero-order chi connectivity index (χ0) is 9.84. The molecule has 0 aliphatic carbocycles. The number of carbonyl (C=O) groups excluding carboxylic acids is 1. The minimum absolute atomic E-state index is 0.00834. The molecule has 2 nitrogen and oxygen atoms in total. The van der Waals surface area contributed by atoms with Gasteiger partial charge in [0.2, 0.25) is 5.91 Å². The average molecular weight is 177 g/mol. The molecular weight excluding hydrogens is 162 g/mol. The van der Waals surface area contributed by atoms with Crippen molar-refractivity contribution in [2.75, 3.05) is 0 Å². The van der Waals surface area contributed by atoms with Gasteiger partial charge >= 0.3 is 0 Å². The summed E-state index contributed by atoms with van der Waals surface area (Å²) in [6.45, 7) is 5.56. The Kier molecular flexibility index (Phi) is 3.07. The highest BCUT2D eigenvalue weighted by Crippen LogP contribution is 2.13. The molecule has 0 aromatic heterocycles. The SMILES string of the molecule is CC(=O)N[C@@H](C)c1cccc(C)c1. The molecule has 0 radical (unpaired) electrons. The van der Waals surface area contributed by atoms with Gasteiger partial charge in [-0.25, -0.2) is 0 Å². The van der Waals surface area contributed by atoms with E-state index in [0.717, 1.165) is 5.56 Å². The Morgan fingerprint density at radius 3 is 2.69 bits per heavy atom. The zero-order valence-corrected chi connectivity index (χ0v) is 8.29. The number of hydrogen-bond donors (Lipinski definition) is 1. The molecule has 0 bridgehead atoms. The van der Waals surface area contributed by atoms with Crippen molar-refractivity contribution < 1.29 is 4.79 Å². The van der Waals surface area contributed by atoms with Gasteiger partial charge in [-0.15, -0.1) is 0 Å². The molecule has 0 aliphatic heterocycles. The van der Waals surface area contributed by atoms with E-state index in [1.54, 1.807) is 0 Å². The van der Waals surface area contributed by atoms with Crippen LogP contribution >= 0.6 is 0 Å². The highest BCUT2D eigenvalue weighted by molar-refractivity contribution is 5.73. The van der Waals surface area contributed by atoms with E-state index in [-0.39, 0.29) is 11.9 Å². The van der Waals surface area contributed by atoms with E-state index in [0.29, 0.717) is 0 Å². The van der Waals surface area contributed by atoms with Gasteiger partial charge < -0.3 is 5.32 Å². The van der Waals surface area contributed by atoms with E-state index in [1.807, 2.05) is 32.0 Å². The molecule has 0 saturated carbocycles. The van der Waals surface area contributed by atoms with Crippen molar-refractivity contribution >= 4 is 5.91 Å². The van der Waals surface area contributed by atoms with Crippen LogP contribution in [0.4, 0.5) is 0 Å². The third kappa shape index (κ3) is 2.90. The number of benzene rings is 1. The van der Waals surface area contributed by atoms with E-state index in [4.69, 9.17) is 0 Å². The Hall–Kier alpha value is -1.31. The Bertz CT molecular complexity index is 307. The standard InChI is InChI=1S/C11H15NO/c1-8-5-4-6-11(7-8)9(2)12-10(3)13/h4-7,9H,1-3H3,(H,12,13)/t9-/m0/s1. The van der Waals surface area contributed by atoms with Gasteiger partial charge in [-0.1, -0.05) is 29.8 Å². The van der Waals surface area contributed by atoms with Gasteiger partial charge in [-0.3, -0.25) is 4.79 Å². The van der Waals surface area contributed by atoms with Crippen molar-refractivity contribution in [1.29, 1.82) is 0 Å². The highest BCUT2D eigenvalue weighted by atomic mass is 16.1. The van der Waals surface area contributed by atoms with Crippen molar-refractivity contribution in [2.45, 2.75) is 26.8 Å². The molecule has 1 aromatic carbocycles. The summed E-state index contributed by atoms with van der Waals surface area (Å²) in [7, 11) is 0. The molecule has 1 N–H and O–H groups in total. The second-order valence-corrected chi connectivity index (χ2v) is 3.34. The second-order valence-electron chi connectivity index (χ2n) is 3.34. The van der Waals surface area contributed by atoms with E-state index in [9.17, 15) is 4.79 Å². The molecule has 0 saturated heterocycles. The molecule has 0 fully saturated rings. The monoisotopic (exact) mass is 177 g/mol. The summed E-state index contributed by atoms with van der Waals surface area (Å²) in [5, 5.41) is 2.85. The van der Waals surface area contributed by atoms with Crippen LogP contribution in [-0.2, 0) is 4.79 Å². The third-order valence-electron chi connectivity index (χ3n) is 1.96. The van der Waals surface area contributed by atoms with Crippen LogP contribution in [0.15, 0.2) is 24.3 Å². The lowest BCUT2D eigenvalue weighted by Gasteiger charge is -2.12. The minimum atomic E-state index is 0.00834. The first-order valence-electron chi connectivity index (χ1n) is 4.43. The molecule has 0 spiro atoms. The number of rotatable bonds is 2. The molecule has 1 rings (SSSR count). The van der Waals surface area contributed by atoms with Crippen molar-refractivity contribution in [1.82, 2.24) is 5.32 Å². The van der Waals surface area contributed by atoms with Crippen LogP contribution in [0.3, 0.4) is 0 Å². The first kappa shape index (κ1) is 9.78. The van der Waals surface area contributed by atoms with Crippen LogP contribution < -0.4 is 5.32 Å². The molecule has 1 aromatic rings. The van der Waals surface area contributed by atoms with Crippen molar-refractivity contribution in [3.63, 3.8) is 0 Å². The summed E-state index contributed by atoms with van der Waals surface area (Å²) in [4.78, 5) is 10.8. The quantitative estimate of drug-likeness (QED) is 0.737.